The van der Waals surface area contributed by atoms with Gasteiger partial charge in [-0.1, -0.05) is 6.07 Å². The van der Waals surface area contributed by atoms with Crippen molar-refractivity contribution in [3.8, 4) is 17.1 Å². The van der Waals surface area contributed by atoms with Gasteiger partial charge in [-0.05, 0) is 51.8 Å². The van der Waals surface area contributed by atoms with Gasteiger partial charge in [0, 0.05) is 36.9 Å². The minimum absolute atomic E-state index is 0.0349. The average molecular weight is 523 g/mol. The van der Waals surface area contributed by atoms with Crippen LogP contribution in [0.4, 0.5) is 20.6 Å². The van der Waals surface area contributed by atoms with Crippen LogP contribution in [0.25, 0.3) is 11.4 Å². The Labute approximate surface area is 220 Å². The van der Waals surface area contributed by atoms with E-state index in [0.29, 0.717) is 60.8 Å². The summed E-state index contributed by atoms with van der Waals surface area (Å²) in [5.41, 5.74) is 2.16. The number of hydrogen-bond acceptors (Lipinski definition) is 7. The summed E-state index contributed by atoms with van der Waals surface area (Å²) in [6.07, 6.45) is 3.93. The van der Waals surface area contributed by atoms with Gasteiger partial charge >= 0.3 is 6.09 Å². The van der Waals surface area contributed by atoms with E-state index in [-0.39, 0.29) is 17.7 Å². The van der Waals surface area contributed by atoms with E-state index in [1.807, 2.05) is 20.8 Å². The summed E-state index contributed by atoms with van der Waals surface area (Å²) in [5, 5.41) is 6.28. The highest BCUT2D eigenvalue weighted by molar-refractivity contribution is 6.06. The molecule has 1 saturated heterocycles. The molecule has 1 spiro atoms. The van der Waals surface area contributed by atoms with Crippen LogP contribution in [-0.2, 0) is 10.2 Å². The van der Waals surface area contributed by atoms with Crippen molar-refractivity contribution < 1.29 is 23.5 Å². The zero-order chi connectivity index (χ0) is 27.1. The predicted molar refractivity (Wildman–Crippen MR) is 139 cm³/mol. The molecular weight excluding hydrogens is 491 g/mol. The van der Waals surface area contributed by atoms with E-state index in [0.717, 1.165) is 5.69 Å². The average Bonchev–Trinajstić information content (AvgIpc) is 3.27. The highest BCUT2D eigenvalue weighted by Crippen LogP contribution is 2.46. The van der Waals surface area contributed by atoms with E-state index in [9.17, 15) is 14.0 Å². The van der Waals surface area contributed by atoms with Crippen molar-refractivity contribution in [2.75, 3.05) is 32.1 Å². The number of para-hydroxylation sites is 1. The van der Waals surface area contributed by atoms with Gasteiger partial charge in [-0.25, -0.2) is 19.2 Å². The van der Waals surface area contributed by atoms with Crippen LogP contribution >= 0.6 is 0 Å². The number of aromatic amines is 1. The number of carbonyl (C=O) groups is 2. The standard InChI is InChI=1S/C27H31FN6O4/c1-26(2,3)38-25(36)34-12-9-27(10-13-34)14-30-24(35)19-21(32-18-7-5-6-16(28)22(18)37-4)20(33-23(19)27)17-8-11-29-15-31-17/h5-8,11,15,32-33H,9-10,12-14H2,1-4H3,(H,30,35). The SMILES string of the molecule is COc1c(F)cccc1Nc1c(-c2ccncn2)[nH]c2c1C(=O)NCC21CCN(C(=O)OC(C)(C)C)CC1. The molecule has 0 radical (unpaired) electrons. The zero-order valence-electron chi connectivity index (χ0n) is 21.9. The number of nitrogens with one attached hydrogen (secondary N) is 3. The lowest BCUT2D eigenvalue weighted by Crippen LogP contribution is -2.54. The van der Waals surface area contributed by atoms with Crippen LogP contribution in [0.2, 0.25) is 0 Å². The van der Waals surface area contributed by atoms with Gasteiger partial charge < -0.3 is 30.0 Å². The molecule has 2 aliphatic heterocycles. The fourth-order valence-corrected chi connectivity index (χ4v) is 5.13. The number of likely N-dealkylation sites (tertiary alicyclic amines) is 1. The first-order valence-corrected chi connectivity index (χ1v) is 12.5. The molecule has 1 fully saturated rings. The molecule has 0 unspecified atom stereocenters. The number of hydrogen-bond donors (Lipinski definition) is 3. The van der Waals surface area contributed by atoms with Gasteiger partial charge in [0.15, 0.2) is 11.6 Å². The molecule has 1 aromatic carbocycles. The molecule has 2 amide bonds. The predicted octanol–water partition coefficient (Wildman–Crippen LogP) is 4.38. The Hall–Kier alpha value is -4.15. The Bertz CT molecular complexity index is 1360. The molecule has 38 heavy (non-hydrogen) atoms. The van der Waals surface area contributed by atoms with Crippen molar-refractivity contribution in [3.63, 3.8) is 0 Å². The quantitative estimate of drug-likeness (QED) is 0.465. The number of benzene rings is 1. The van der Waals surface area contributed by atoms with Crippen molar-refractivity contribution in [2.24, 2.45) is 0 Å². The number of nitrogens with zero attached hydrogens (tertiary/aromatic N) is 3. The first kappa shape index (κ1) is 25.5. The van der Waals surface area contributed by atoms with Gasteiger partial charge in [-0.3, -0.25) is 4.79 Å². The Morgan fingerprint density at radius 3 is 2.63 bits per heavy atom. The second kappa shape index (κ2) is 9.62. The van der Waals surface area contributed by atoms with Crippen molar-refractivity contribution >= 4 is 23.4 Å². The number of anilines is 2. The number of halogens is 1. The number of aromatic nitrogens is 3. The molecule has 0 atom stereocenters. The third-order valence-corrected chi connectivity index (χ3v) is 6.99. The van der Waals surface area contributed by atoms with Crippen LogP contribution in [-0.4, -0.2) is 64.2 Å². The molecule has 200 valence electrons. The topological polar surface area (TPSA) is 121 Å². The maximum Gasteiger partial charge on any atom is 0.410 e. The molecule has 3 aromatic rings. The molecule has 5 rings (SSSR count). The maximum absolute atomic E-state index is 14.5. The number of methoxy groups -OCH3 is 1. The van der Waals surface area contributed by atoms with Gasteiger partial charge in [0.1, 0.15) is 11.9 Å². The van der Waals surface area contributed by atoms with Crippen molar-refractivity contribution in [1.29, 1.82) is 0 Å². The highest BCUT2D eigenvalue weighted by Gasteiger charge is 2.46. The van der Waals surface area contributed by atoms with Crippen molar-refractivity contribution in [2.45, 2.75) is 44.6 Å². The second-order valence-corrected chi connectivity index (χ2v) is 10.6. The second-order valence-electron chi connectivity index (χ2n) is 10.6. The lowest BCUT2D eigenvalue weighted by atomic mass is 9.72. The van der Waals surface area contributed by atoms with Crippen LogP contribution in [0, 0.1) is 5.82 Å². The third kappa shape index (κ3) is 4.64. The Morgan fingerprint density at radius 2 is 1.97 bits per heavy atom. The number of amides is 2. The van der Waals surface area contributed by atoms with E-state index in [2.05, 4.69) is 25.6 Å². The molecule has 4 heterocycles. The lowest BCUT2D eigenvalue weighted by molar-refractivity contribution is 0.0156. The van der Waals surface area contributed by atoms with E-state index < -0.39 is 16.8 Å². The highest BCUT2D eigenvalue weighted by atomic mass is 19.1. The minimum atomic E-state index is -0.581. The Morgan fingerprint density at radius 1 is 1.21 bits per heavy atom. The summed E-state index contributed by atoms with van der Waals surface area (Å²) in [6.45, 7) is 6.91. The van der Waals surface area contributed by atoms with Gasteiger partial charge in [0.05, 0.1) is 35.4 Å². The van der Waals surface area contributed by atoms with E-state index in [1.165, 1.54) is 19.5 Å². The molecule has 2 aliphatic rings. The molecule has 10 nitrogen and oxygen atoms in total. The molecule has 2 aromatic heterocycles. The van der Waals surface area contributed by atoms with Gasteiger partial charge in [0.2, 0.25) is 0 Å². The van der Waals surface area contributed by atoms with Gasteiger partial charge in [-0.2, -0.15) is 0 Å². The first-order valence-electron chi connectivity index (χ1n) is 12.5. The van der Waals surface area contributed by atoms with E-state index >= 15 is 0 Å². The van der Waals surface area contributed by atoms with Crippen molar-refractivity contribution in [1.82, 2.24) is 25.2 Å². The number of ether oxygens (including phenoxy) is 2. The smallest absolute Gasteiger partial charge is 0.410 e. The summed E-state index contributed by atoms with van der Waals surface area (Å²) in [6, 6.07) is 6.29. The van der Waals surface area contributed by atoms with E-state index in [1.54, 1.807) is 29.3 Å². The maximum atomic E-state index is 14.5. The summed E-state index contributed by atoms with van der Waals surface area (Å²) < 4.78 is 25.4. The van der Waals surface area contributed by atoms with Gasteiger partial charge in [0.25, 0.3) is 5.91 Å². The van der Waals surface area contributed by atoms with Crippen LogP contribution in [0.1, 0.15) is 49.7 Å². The van der Waals surface area contributed by atoms with E-state index in [4.69, 9.17) is 9.47 Å². The third-order valence-electron chi connectivity index (χ3n) is 6.99. The van der Waals surface area contributed by atoms with Crippen LogP contribution in [0.15, 0.2) is 36.8 Å². The van der Waals surface area contributed by atoms with Crippen LogP contribution in [0.3, 0.4) is 0 Å². The number of H-pyrrole nitrogens is 1. The molecule has 0 bridgehead atoms. The number of carbonyl (C=O) groups excluding carboxylic acids is 2. The molecule has 3 N–H and O–H groups in total. The summed E-state index contributed by atoms with van der Waals surface area (Å²) in [5.74, 6) is -0.747. The number of piperidine rings is 1. The number of fused-ring (bicyclic) bond motifs is 2. The van der Waals surface area contributed by atoms with Crippen LogP contribution < -0.4 is 15.4 Å². The Kier molecular flexibility index (Phi) is 6.46. The molecule has 11 heteroatoms. The molecule has 0 saturated carbocycles. The first-order chi connectivity index (χ1) is 18.1. The minimum Gasteiger partial charge on any atom is -0.492 e. The summed E-state index contributed by atoms with van der Waals surface area (Å²) >= 11 is 0. The fraction of sp³-hybridized carbons (Fsp3) is 0.407. The largest absolute Gasteiger partial charge is 0.492 e. The van der Waals surface area contributed by atoms with Crippen LogP contribution in [0.5, 0.6) is 5.75 Å². The Balaban J connectivity index is 1.56. The van der Waals surface area contributed by atoms with Gasteiger partial charge in [-0.15, -0.1) is 0 Å². The lowest BCUT2D eigenvalue weighted by Gasteiger charge is -2.43. The zero-order valence-corrected chi connectivity index (χ0v) is 21.9. The van der Waals surface area contributed by atoms with Crippen molar-refractivity contribution in [3.05, 3.63) is 53.9 Å². The summed E-state index contributed by atoms with van der Waals surface area (Å²) in [7, 11) is 1.39. The molecular formula is C27H31FN6O4. The monoisotopic (exact) mass is 522 g/mol. The molecule has 0 aliphatic carbocycles. The number of rotatable bonds is 4. The fourth-order valence-electron chi connectivity index (χ4n) is 5.13. The normalized spacial score (nSPS) is 16.6. The summed E-state index contributed by atoms with van der Waals surface area (Å²) in [4.78, 5) is 39.6.